The van der Waals surface area contributed by atoms with Crippen molar-refractivity contribution >= 4 is 6.03 Å². The van der Waals surface area contributed by atoms with Gasteiger partial charge < -0.3 is 10.2 Å². The van der Waals surface area contributed by atoms with Crippen molar-refractivity contribution in [2.45, 2.75) is 46.1 Å². The van der Waals surface area contributed by atoms with Crippen molar-refractivity contribution in [1.82, 2.24) is 10.2 Å². The van der Waals surface area contributed by atoms with Crippen molar-refractivity contribution in [3.63, 3.8) is 0 Å². The number of nitrogens with one attached hydrogen (secondary N) is 1. The van der Waals surface area contributed by atoms with Gasteiger partial charge in [-0.05, 0) is 43.4 Å². The lowest BCUT2D eigenvalue weighted by Crippen LogP contribution is -2.40. The van der Waals surface area contributed by atoms with E-state index in [1.807, 2.05) is 4.90 Å². The minimum absolute atomic E-state index is 0.00784. The van der Waals surface area contributed by atoms with Gasteiger partial charge in [-0.25, -0.2) is 9.18 Å². The van der Waals surface area contributed by atoms with Crippen LogP contribution < -0.4 is 5.32 Å². The molecule has 2 rings (SSSR count). The number of carbonyl (C=O) groups is 1. The molecule has 0 bridgehead atoms. The Morgan fingerprint density at radius 3 is 2.25 bits per heavy atom. The molecule has 1 aliphatic rings. The monoisotopic (exact) mass is 278 g/mol. The smallest absolute Gasteiger partial charge is 0.317 e. The van der Waals surface area contributed by atoms with Gasteiger partial charge in [0.25, 0.3) is 0 Å². The molecule has 2 amide bonds. The molecular formula is C16H23FN2O. The summed E-state index contributed by atoms with van der Waals surface area (Å²) >= 11 is 0. The van der Waals surface area contributed by atoms with Crippen LogP contribution in [0.3, 0.4) is 0 Å². The van der Waals surface area contributed by atoms with Gasteiger partial charge in [0.1, 0.15) is 5.82 Å². The molecule has 4 heteroatoms. The summed E-state index contributed by atoms with van der Waals surface area (Å²) in [5, 5.41) is 2.93. The molecule has 1 aromatic rings. The summed E-state index contributed by atoms with van der Waals surface area (Å²) in [5.74, 6) is -0.160. The van der Waals surface area contributed by atoms with E-state index in [0.717, 1.165) is 31.5 Å². The van der Waals surface area contributed by atoms with Crippen LogP contribution in [-0.2, 0) is 6.54 Å². The molecule has 0 aromatic heterocycles. The fraction of sp³-hybridized carbons (Fsp3) is 0.562. The molecule has 110 valence electrons. The van der Waals surface area contributed by atoms with Gasteiger partial charge in [0.05, 0.1) is 0 Å². The Morgan fingerprint density at radius 1 is 1.15 bits per heavy atom. The Hall–Kier alpha value is -1.58. The van der Waals surface area contributed by atoms with E-state index in [4.69, 9.17) is 0 Å². The number of likely N-dealkylation sites (tertiary alicyclic amines) is 1. The van der Waals surface area contributed by atoms with E-state index in [1.54, 1.807) is 26.0 Å². The third-order valence-corrected chi connectivity index (χ3v) is 3.83. The molecule has 3 nitrogen and oxygen atoms in total. The first-order valence-corrected chi connectivity index (χ1v) is 7.36. The molecular weight excluding hydrogens is 255 g/mol. The molecule has 1 fully saturated rings. The van der Waals surface area contributed by atoms with Gasteiger partial charge in [-0.15, -0.1) is 0 Å². The number of carbonyl (C=O) groups excluding carboxylic acids is 1. The maximum atomic E-state index is 13.5. The van der Waals surface area contributed by atoms with Gasteiger partial charge in [-0.3, -0.25) is 0 Å². The minimum Gasteiger partial charge on any atom is -0.334 e. The second kappa shape index (κ2) is 6.73. The number of halogens is 1. The van der Waals surface area contributed by atoms with E-state index in [1.165, 1.54) is 12.8 Å². The van der Waals surface area contributed by atoms with Crippen LogP contribution in [0.25, 0.3) is 0 Å². The summed E-state index contributed by atoms with van der Waals surface area (Å²) in [4.78, 5) is 14.0. The topological polar surface area (TPSA) is 32.3 Å². The molecule has 0 radical (unpaired) electrons. The molecule has 0 unspecified atom stereocenters. The number of hydrogen-bond acceptors (Lipinski definition) is 1. The van der Waals surface area contributed by atoms with Crippen molar-refractivity contribution in [2.75, 3.05) is 13.1 Å². The number of amides is 2. The van der Waals surface area contributed by atoms with Gasteiger partial charge in [-0.1, -0.05) is 25.0 Å². The lowest BCUT2D eigenvalue weighted by molar-refractivity contribution is 0.199. The highest BCUT2D eigenvalue weighted by Crippen LogP contribution is 2.15. The SMILES string of the molecule is Cc1cc(CNC(=O)N2CCCCCC2)cc(C)c1F. The Morgan fingerprint density at radius 2 is 1.70 bits per heavy atom. The lowest BCUT2D eigenvalue weighted by atomic mass is 10.1. The van der Waals surface area contributed by atoms with Gasteiger partial charge in [-0.2, -0.15) is 0 Å². The second-order valence-corrected chi connectivity index (χ2v) is 5.60. The molecule has 1 aliphatic heterocycles. The summed E-state index contributed by atoms with van der Waals surface area (Å²) in [6, 6.07) is 3.59. The van der Waals surface area contributed by atoms with Crippen molar-refractivity contribution < 1.29 is 9.18 Å². The zero-order valence-corrected chi connectivity index (χ0v) is 12.3. The second-order valence-electron chi connectivity index (χ2n) is 5.60. The van der Waals surface area contributed by atoms with Crippen molar-refractivity contribution in [3.05, 3.63) is 34.6 Å². The van der Waals surface area contributed by atoms with Crippen molar-refractivity contribution in [1.29, 1.82) is 0 Å². The highest BCUT2D eigenvalue weighted by Gasteiger charge is 2.15. The molecule has 1 aromatic carbocycles. The Bertz CT molecular complexity index is 456. The van der Waals surface area contributed by atoms with E-state index >= 15 is 0 Å². The van der Waals surface area contributed by atoms with Gasteiger partial charge in [0, 0.05) is 19.6 Å². The number of hydrogen-bond donors (Lipinski definition) is 1. The van der Waals surface area contributed by atoms with Crippen LogP contribution in [0.4, 0.5) is 9.18 Å². The highest BCUT2D eigenvalue weighted by molar-refractivity contribution is 5.74. The number of benzene rings is 1. The van der Waals surface area contributed by atoms with Crippen LogP contribution in [0.5, 0.6) is 0 Å². The summed E-state index contributed by atoms with van der Waals surface area (Å²) in [6.07, 6.45) is 4.59. The van der Waals surface area contributed by atoms with Crippen molar-refractivity contribution in [3.8, 4) is 0 Å². The summed E-state index contributed by atoms with van der Waals surface area (Å²) in [5.41, 5.74) is 2.21. The lowest BCUT2D eigenvalue weighted by Gasteiger charge is -2.21. The number of nitrogens with zero attached hydrogens (tertiary/aromatic N) is 1. The molecule has 1 N–H and O–H groups in total. The van der Waals surface area contributed by atoms with E-state index in [-0.39, 0.29) is 11.8 Å². The number of rotatable bonds is 2. The first-order valence-electron chi connectivity index (χ1n) is 7.36. The van der Waals surface area contributed by atoms with Crippen LogP contribution in [0.15, 0.2) is 12.1 Å². The van der Waals surface area contributed by atoms with Crippen molar-refractivity contribution in [2.24, 2.45) is 0 Å². The fourth-order valence-electron chi connectivity index (χ4n) is 2.70. The molecule has 0 atom stereocenters. The summed E-state index contributed by atoms with van der Waals surface area (Å²) in [7, 11) is 0. The molecule has 1 heterocycles. The van der Waals surface area contributed by atoms with Crippen LogP contribution in [0.1, 0.15) is 42.4 Å². The Balaban J connectivity index is 1.92. The van der Waals surface area contributed by atoms with Gasteiger partial charge >= 0.3 is 6.03 Å². The van der Waals surface area contributed by atoms with Gasteiger partial charge in [0.15, 0.2) is 0 Å². The molecule has 0 spiro atoms. The summed E-state index contributed by atoms with van der Waals surface area (Å²) in [6.45, 7) is 5.64. The van der Waals surface area contributed by atoms with Crippen LogP contribution >= 0.6 is 0 Å². The third-order valence-electron chi connectivity index (χ3n) is 3.83. The fourth-order valence-corrected chi connectivity index (χ4v) is 2.70. The van der Waals surface area contributed by atoms with E-state index in [2.05, 4.69) is 5.32 Å². The van der Waals surface area contributed by atoms with E-state index < -0.39 is 0 Å². The Kier molecular flexibility index (Phi) is 4.99. The highest BCUT2D eigenvalue weighted by atomic mass is 19.1. The van der Waals surface area contributed by atoms with E-state index in [0.29, 0.717) is 17.7 Å². The van der Waals surface area contributed by atoms with Crippen LogP contribution in [0, 0.1) is 19.7 Å². The van der Waals surface area contributed by atoms with Crippen LogP contribution in [-0.4, -0.2) is 24.0 Å². The summed E-state index contributed by atoms with van der Waals surface area (Å²) < 4.78 is 13.5. The third kappa shape index (κ3) is 3.71. The van der Waals surface area contributed by atoms with Gasteiger partial charge in [0.2, 0.25) is 0 Å². The number of urea groups is 1. The zero-order chi connectivity index (χ0) is 14.5. The largest absolute Gasteiger partial charge is 0.334 e. The Labute approximate surface area is 120 Å². The minimum atomic E-state index is -0.160. The normalized spacial score (nSPS) is 15.8. The predicted octanol–water partition coefficient (Wildman–Crippen LogP) is 3.53. The predicted molar refractivity (Wildman–Crippen MR) is 78.2 cm³/mol. The molecule has 0 aliphatic carbocycles. The molecule has 1 saturated heterocycles. The average molecular weight is 278 g/mol. The zero-order valence-electron chi connectivity index (χ0n) is 12.3. The standard InChI is InChI=1S/C16H23FN2O/c1-12-9-14(10-13(2)15(12)17)11-18-16(20)19-7-5-3-4-6-8-19/h9-10H,3-8,11H2,1-2H3,(H,18,20). The van der Waals surface area contributed by atoms with E-state index in [9.17, 15) is 9.18 Å². The maximum absolute atomic E-state index is 13.5. The first-order chi connectivity index (χ1) is 9.58. The first kappa shape index (κ1) is 14.8. The molecule has 20 heavy (non-hydrogen) atoms. The average Bonchev–Trinajstić information content (AvgIpc) is 2.71. The van der Waals surface area contributed by atoms with Crippen LogP contribution in [0.2, 0.25) is 0 Å². The maximum Gasteiger partial charge on any atom is 0.317 e. The molecule has 0 saturated carbocycles. The quantitative estimate of drug-likeness (QED) is 0.882. The number of aryl methyl sites for hydroxylation is 2.